The highest BCUT2D eigenvalue weighted by Crippen LogP contribution is 2.35. The van der Waals surface area contributed by atoms with Crippen LogP contribution in [0.5, 0.6) is 5.75 Å². The van der Waals surface area contributed by atoms with Gasteiger partial charge in [-0.3, -0.25) is 4.79 Å². The van der Waals surface area contributed by atoms with E-state index in [1.165, 1.54) is 0 Å². The molecule has 1 aliphatic carbocycles. The van der Waals surface area contributed by atoms with E-state index in [1.54, 1.807) is 26.0 Å². The molecular formula is C24H31NO5S. The van der Waals surface area contributed by atoms with Crippen molar-refractivity contribution in [2.75, 3.05) is 20.8 Å². The Morgan fingerprint density at radius 1 is 1.26 bits per heavy atom. The van der Waals surface area contributed by atoms with Gasteiger partial charge in [-0.05, 0) is 42.5 Å². The van der Waals surface area contributed by atoms with Crippen LogP contribution in [-0.4, -0.2) is 48.9 Å². The lowest BCUT2D eigenvalue weighted by Gasteiger charge is -2.31. The molecule has 1 aliphatic heterocycles. The number of carbonyl (C=O) groups excluding carboxylic acids is 1. The number of thioether (sulfide) groups is 1. The molecule has 0 amide bonds. The van der Waals surface area contributed by atoms with Crippen LogP contribution in [0.15, 0.2) is 58.8 Å². The number of rotatable bonds is 7. The third-order valence-electron chi connectivity index (χ3n) is 4.84. The molecule has 2 aliphatic rings. The fourth-order valence-electron chi connectivity index (χ4n) is 3.44. The summed E-state index contributed by atoms with van der Waals surface area (Å²) >= 11 is 1.57. The van der Waals surface area contributed by atoms with Crippen LogP contribution in [0, 0.1) is 11.8 Å². The highest BCUT2D eigenvalue weighted by molar-refractivity contribution is 8.00. The van der Waals surface area contributed by atoms with Gasteiger partial charge in [0, 0.05) is 32.3 Å². The number of hydrogen-bond acceptors (Lipinski definition) is 7. The lowest BCUT2D eigenvalue weighted by atomic mass is 10.0. The number of aliphatic hydroxyl groups excluding tert-OH is 1. The smallest absolute Gasteiger partial charge is 0.147 e. The Kier molecular flexibility index (Phi) is 10.7. The van der Waals surface area contributed by atoms with E-state index < -0.39 is 6.10 Å². The van der Waals surface area contributed by atoms with Crippen molar-refractivity contribution < 1.29 is 19.4 Å². The molecule has 3 rings (SSSR count). The first-order valence-corrected chi connectivity index (χ1v) is 11.2. The van der Waals surface area contributed by atoms with Crippen LogP contribution >= 0.6 is 11.8 Å². The lowest BCUT2D eigenvalue weighted by Crippen LogP contribution is -2.33. The van der Waals surface area contributed by atoms with Crippen LogP contribution in [0.2, 0.25) is 0 Å². The molecule has 6 nitrogen and oxygen atoms in total. The predicted molar refractivity (Wildman–Crippen MR) is 126 cm³/mol. The first kappa shape index (κ1) is 25.0. The zero-order chi connectivity index (χ0) is 22.6. The molecule has 1 aromatic rings. The molecule has 7 heteroatoms. The molecule has 1 saturated heterocycles. The molecule has 0 spiro atoms. The third kappa shape index (κ3) is 8.44. The van der Waals surface area contributed by atoms with Crippen molar-refractivity contribution in [3.8, 4) is 5.75 Å². The lowest BCUT2D eigenvalue weighted by molar-refractivity contribution is -0.105. The van der Waals surface area contributed by atoms with E-state index in [0.29, 0.717) is 25.7 Å². The number of methoxy groups -OCH3 is 1. The topological polar surface area (TPSA) is 85.2 Å². The zero-order valence-electron chi connectivity index (χ0n) is 18.3. The number of carbonyl (C=O) groups is 1. The molecule has 1 heterocycles. The van der Waals surface area contributed by atoms with Crippen LogP contribution in [0.25, 0.3) is 0 Å². The molecule has 0 saturated carbocycles. The highest BCUT2D eigenvalue weighted by Gasteiger charge is 2.30. The molecule has 3 atom stereocenters. The fraction of sp³-hybridized carbons (Fsp3) is 0.458. The number of aryl methyl sites for hydroxylation is 1. The molecular weight excluding hydrogens is 414 g/mol. The van der Waals surface area contributed by atoms with Gasteiger partial charge in [0.15, 0.2) is 0 Å². The summed E-state index contributed by atoms with van der Waals surface area (Å²) in [5.74, 6) is 0.785. The monoisotopic (exact) mass is 445 g/mol. The Balaban J connectivity index is 0.00000107. The molecule has 1 N–H and O–H groups in total. The van der Waals surface area contributed by atoms with E-state index in [0.717, 1.165) is 34.3 Å². The van der Waals surface area contributed by atoms with E-state index in [9.17, 15) is 14.8 Å². The SMILES string of the molecule is COC.Cc1ccc(OC2CC(O)CC(CN=O)S2)c(CC2=CC=C(C=O)CC=C2)c1. The van der Waals surface area contributed by atoms with Crippen molar-refractivity contribution in [1.82, 2.24) is 0 Å². The van der Waals surface area contributed by atoms with Gasteiger partial charge in [0.2, 0.25) is 0 Å². The molecule has 0 aromatic heterocycles. The molecule has 3 unspecified atom stereocenters. The number of aldehydes is 1. The van der Waals surface area contributed by atoms with E-state index >= 15 is 0 Å². The minimum atomic E-state index is -0.480. The minimum Gasteiger partial charge on any atom is -0.479 e. The average Bonchev–Trinajstić information content (AvgIpc) is 2.95. The van der Waals surface area contributed by atoms with Crippen molar-refractivity contribution >= 4 is 18.0 Å². The Morgan fingerprint density at radius 2 is 2.03 bits per heavy atom. The summed E-state index contributed by atoms with van der Waals surface area (Å²) in [7, 11) is 3.25. The summed E-state index contributed by atoms with van der Waals surface area (Å²) in [6.45, 7) is 2.23. The van der Waals surface area contributed by atoms with E-state index in [4.69, 9.17) is 4.74 Å². The standard InChI is InChI=1S/C22H25NO4S.C2H6O/c1-15-5-8-21(27-22-12-19(25)11-20(28-22)13-23-26)18(9-15)10-16-3-2-4-17(14-24)7-6-16;1-3-2/h2-3,5-9,14,19-20,22,25H,4,10-13H2,1H3;1-2H3. The molecule has 0 bridgehead atoms. The van der Waals surface area contributed by atoms with E-state index in [1.807, 2.05) is 43.4 Å². The van der Waals surface area contributed by atoms with Crippen molar-refractivity contribution in [3.05, 3.63) is 69.7 Å². The average molecular weight is 446 g/mol. The number of aliphatic hydroxyl groups is 1. The Bertz CT molecular complexity index is 833. The van der Waals surface area contributed by atoms with Crippen LogP contribution < -0.4 is 4.74 Å². The van der Waals surface area contributed by atoms with Crippen molar-refractivity contribution in [2.45, 2.75) is 49.4 Å². The van der Waals surface area contributed by atoms with Crippen LogP contribution in [0.3, 0.4) is 0 Å². The van der Waals surface area contributed by atoms with Gasteiger partial charge in [-0.2, -0.15) is 4.91 Å². The van der Waals surface area contributed by atoms with Crippen molar-refractivity contribution in [3.63, 3.8) is 0 Å². The molecule has 1 aromatic carbocycles. The van der Waals surface area contributed by atoms with E-state index in [-0.39, 0.29) is 17.2 Å². The van der Waals surface area contributed by atoms with Crippen LogP contribution in [0.1, 0.15) is 30.4 Å². The number of ether oxygens (including phenoxy) is 2. The van der Waals surface area contributed by atoms with Gasteiger partial charge < -0.3 is 14.6 Å². The first-order valence-electron chi connectivity index (χ1n) is 10.3. The zero-order valence-corrected chi connectivity index (χ0v) is 19.1. The maximum absolute atomic E-state index is 11.0. The Labute approximate surface area is 188 Å². The van der Waals surface area contributed by atoms with Crippen molar-refractivity contribution in [1.29, 1.82) is 0 Å². The van der Waals surface area contributed by atoms with Gasteiger partial charge in [-0.25, -0.2) is 0 Å². The number of nitrogens with zero attached hydrogens (tertiary/aromatic N) is 1. The minimum absolute atomic E-state index is 0.0143. The molecule has 0 radical (unpaired) electrons. The van der Waals surface area contributed by atoms with Gasteiger partial charge in [0.25, 0.3) is 0 Å². The normalized spacial score (nSPS) is 22.9. The Hall–Kier alpha value is -2.22. The number of benzene rings is 1. The summed E-state index contributed by atoms with van der Waals surface area (Å²) in [6.07, 6.45) is 10.7. The molecule has 1 fully saturated rings. The maximum Gasteiger partial charge on any atom is 0.147 e. The number of allylic oxidation sites excluding steroid dienone is 6. The summed E-state index contributed by atoms with van der Waals surface area (Å²) in [6, 6.07) is 6.08. The molecule has 168 valence electrons. The van der Waals surface area contributed by atoms with Crippen molar-refractivity contribution in [2.24, 2.45) is 5.18 Å². The molecule has 31 heavy (non-hydrogen) atoms. The maximum atomic E-state index is 11.0. The second-order valence-electron chi connectivity index (χ2n) is 7.65. The van der Waals surface area contributed by atoms with E-state index in [2.05, 4.69) is 16.0 Å². The fourth-order valence-corrected chi connectivity index (χ4v) is 4.84. The van der Waals surface area contributed by atoms with Gasteiger partial charge in [0.05, 0.1) is 12.6 Å². The van der Waals surface area contributed by atoms with Gasteiger partial charge in [0.1, 0.15) is 17.5 Å². The number of nitroso groups, excluding NO2 is 1. The quantitative estimate of drug-likeness (QED) is 0.490. The van der Waals surface area contributed by atoms with Gasteiger partial charge >= 0.3 is 0 Å². The first-order chi connectivity index (χ1) is 15.0. The summed E-state index contributed by atoms with van der Waals surface area (Å²) in [5.41, 5.74) is 3.85. The van der Waals surface area contributed by atoms with Gasteiger partial charge in [-0.15, -0.1) is 11.8 Å². The second kappa shape index (κ2) is 13.2. The second-order valence-corrected chi connectivity index (χ2v) is 9.11. The van der Waals surface area contributed by atoms with Crippen LogP contribution in [-0.2, 0) is 16.0 Å². The summed E-state index contributed by atoms with van der Waals surface area (Å²) < 4.78 is 10.5. The third-order valence-corrected chi connectivity index (χ3v) is 6.16. The van der Waals surface area contributed by atoms with Gasteiger partial charge in [-0.1, -0.05) is 47.2 Å². The summed E-state index contributed by atoms with van der Waals surface area (Å²) in [5, 5.41) is 13.1. The number of hydrogen-bond donors (Lipinski definition) is 1. The summed E-state index contributed by atoms with van der Waals surface area (Å²) in [4.78, 5) is 21.6. The Morgan fingerprint density at radius 3 is 2.74 bits per heavy atom. The largest absolute Gasteiger partial charge is 0.479 e. The highest BCUT2D eigenvalue weighted by atomic mass is 32.2. The predicted octanol–water partition coefficient (Wildman–Crippen LogP) is 4.54. The van der Waals surface area contributed by atoms with Crippen LogP contribution in [0.4, 0.5) is 0 Å².